The van der Waals surface area contributed by atoms with Crippen LogP contribution in [-0.4, -0.2) is 25.3 Å². The van der Waals surface area contributed by atoms with Crippen molar-refractivity contribution >= 4 is 0 Å². The van der Waals surface area contributed by atoms with Crippen molar-refractivity contribution in [1.82, 2.24) is 4.98 Å². The highest BCUT2D eigenvalue weighted by molar-refractivity contribution is 5.63. The van der Waals surface area contributed by atoms with Crippen LogP contribution in [0.3, 0.4) is 0 Å². The summed E-state index contributed by atoms with van der Waals surface area (Å²) in [6, 6.07) is 3.22. The summed E-state index contributed by atoms with van der Waals surface area (Å²) in [7, 11) is 1.49. The van der Waals surface area contributed by atoms with E-state index < -0.39 is 23.0 Å². The lowest BCUT2D eigenvalue weighted by molar-refractivity contribution is 0.146. The first-order chi connectivity index (χ1) is 10.4. The van der Waals surface area contributed by atoms with Crippen molar-refractivity contribution in [3.8, 4) is 17.0 Å². The number of ether oxygens (including phenoxy) is 2. The number of hydrogen-bond acceptors (Lipinski definition) is 3. The first-order valence-electron chi connectivity index (χ1n) is 6.69. The molecule has 0 radical (unpaired) electrons. The van der Waals surface area contributed by atoms with E-state index in [0.29, 0.717) is 17.9 Å². The van der Waals surface area contributed by atoms with Gasteiger partial charge < -0.3 is 9.47 Å². The van der Waals surface area contributed by atoms with Gasteiger partial charge >= 0.3 is 0 Å². The molecule has 0 fully saturated rings. The maximum Gasteiger partial charge on any atom is 0.149 e. The molecule has 2 aromatic rings. The van der Waals surface area contributed by atoms with Crippen LogP contribution in [0.5, 0.6) is 5.75 Å². The van der Waals surface area contributed by atoms with Crippen LogP contribution in [0.25, 0.3) is 11.3 Å². The number of benzene rings is 1. The van der Waals surface area contributed by atoms with Gasteiger partial charge in [0.25, 0.3) is 0 Å². The lowest BCUT2D eigenvalue weighted by Crippen LogP contribution is -2.06. The van der Waals surface area contributed by atoms with Gasteiger partial charge in [-0.3, -0.25) is 0 Å². The number of halogens is 3. The summed E-state index contributed by atoms with van der Waals surface area (Å²) in [5.41, 5.74) is 0.276. The molecule has 0 aliphatic rings. The summed E-state index contributed by atoms with van der Waals surface area (Å²) in [6.45, 7) is 3.77. The van der Waals surface area contributed by atoms with Crippen LogP contribution in [0.2, 0.25) is 0 Å². The molecular weight excluding hydrogens is 295 g/mol. The minimum absolute atomic E-state index is 0.0139. The highest BCUT2D eigenvalue weighted by atomic mass is 19.1. The highest BCUT2D eigenvalue weighted by Crippen LogP contribution is 2.31. The van der Waals surface area contributed by atoms with Gasteiger partial charge in [0.2, 0.25) is 0 Å². The van der Waals surface area contributed by atoms with E-state index in [-0.39, 0.29) is 18.1 Å². The van der Waals surface area contributed by atoms with Crippen molar-refractivity contribution in [2.75, 3.05) is 20.3 Å². The Morgan fingerprint density at radius 3 is 2.18 bits per heavy atom. The Hall–Kier alpha value is -2.08. The summed E-state index contributed by atoms with van der Waals surface area (Å²) < 4.78 is 52.2. The van der Waals surface area contributed by atoms with Gasteiger partial charge in [-0.1, -0.05) is 0 Å². The summed E-state index contributed by atoms with van der Waals surface area (Å²) in [6.07, 6.45) is 0. The quantitative estimate of drug-likeness (QED) is 0.787. The van der Waals surface area contributed by atoms with Gasteiger partial charge in [-0.15, -0.1) is 0 Å². The maximum atomic E-state index is 14.2. The standard InChI is InChI=1S/C16H16F3NO2/c1-9-6-14(19)16(20-10(9)2)15-12(17)7-11(8-13(15)18)22-5-4-21-3/h6-8H,4-5H2,1-3H3. The van der Waals surface area contributed by atoms with Crippen LogP contribution in [0.15, 0.2) is 18.2 Å². The molecule has 0 saturated heterocycles. The Morgan fingerprint density at radius 2 is 1.59 bits per heavy atom. The molecular formula is C16H16F3NO2. The Labute approximate surface area is 126 Å². The molecule has 0 spiro atoms. The molecule has 0 aliphatic carbocycles. The average Bonchev–Trinajstić information content (AvgIpc) is 2.44. The van der Waals surface area contributed by atoms with Gasteiger partial charge in [-0.2, -0.15) is 0 Å². The zero-order chi connectivity index (χ0) is 16.3. The van der Waals surface area contributed by atoms with Crippen LogP contribution in [0, 0.1) is 31.3 Å². The number of hydrogen-bond donors (Lipinski definition) is 0. The van der Waals surface area contributed by atoms with E-state index in [1.165, 1.54) is 13.2 Å². The molecule has 6 heteroatoms. The summed E-state index contributed by atoms with van der Waals surface area (Å²) in [5.74, 6) is -2.61. The largest absolute Gasteiger partial charge is 0.491 e. The maximum absolute atomic E-state index is 14.2. The van der Waals surface area contributed by atoms with Crippen LogP contribution in [0.1, 0.15) is 11.3 Å². The fourth-order valence-corrected chi connectivity index (χ4v) is 1.95. The first-order valence-corrected chi connectivity index (χ1v) is 6.69. The SMILES string of the molecule is COCCOc1cc(F)c(-c2nc(C)c(C)cc2F)c(F)c1. The number of aromatic nitrogens is 1. The topological polar surface area (TPSA) is 31.4 Å². The Kier molecular flexibility index (Phi) is 5.03. The second kappa shape index (κ2) is 6.79. The number of rotatable bonds is 5. The number of methoxy groups -OCH3 is 1. The van der Waals surface area contributed by atoms with Crippen LogP contribution < -0.4 is 4.74 Å². The zero-order valence-electron chi connectivity index (χ0n) is 12.5. The second-order valence-corrected chi connectivity index (χ2v) is 4.82. The van der Waals surface area contributed by atoms with E-state index in [4.69, 9.17) is 9.47 Å². The molecule has 0 N–H and O–H groups in total. The molecule has 1 heterocycles. The summed E-state index contributed by atoms with van der Waals surface area (Å²) in [4.78, 5) is 3.95. The van der Waals surface area contributed by atoms with Crippen molar-refractivity contribution < 1.29 is 22.6 Å². The predicted molar refractivity (Wildman–Crippen MR) is 76.4 cm³/mol. The third-order valence-electron chi connectivity index (χ3n) is 3.23. The van der Waals surface area contributed by atoms with Crippen molar-refractivity contribution in [2.24, 2.45) is 0 Å². The summed E-state index contributed by atoms with van der Waals surface area (Å²) >= 11 is 0. The summed E-state index contributed by atoms with van der Waals surface area (Å²) in [5, 5.41) is 0. The Morgan fingerprint density at radius 1 is 0.955 bits per heavy atom. The van der Waals surface area contributed by atoms with Gasteiger partial charge in [0, 0.05) is 24.9 Å². The van der Waals surface area contributed by atoms with E-state index in [1.807, 2.05) is 0 Å². The third kappa shape index (κ3) is 3.39. The van der Waals surface area contributed by atoms with Crippen molar-refractivity contribution in [3.05, 3.63) is 46.9 Å². The van der Waals surface area contributed by atoms with Gasteiger partial charge in [0.05, 0.1) is 12.2 Å². The average molecular weight is 311 g/mol. The lowest BCUT2D eigenvalue weighted by Gasteiger charge is -2.11. The van der Waals surface area contributed by atoms with Gasteiger partial charge in [-0.25, -0.2) is 18.2 Å². The fourth-order valence-electron chi connectivity index (χ4n) is 1.95. The van der Waals surface area contributed by atoms with E-state index in [0.717, 1.165) is 12.1 Å². The molecule has 0 unspecified atom stereocenters. The molecule has 22 heavy (non-hydrogen) atoms. The highest BCUT2D eigenvalue weighted by Gasteiger charge is 2.19. The van der Waals surface area contributed by atoms with E-state index >= 15 is 0 Å². The third-order valence-corrected chi connectivity index (χ3v) is 3.23. The Bertz CT molecular complexity index is 666. The molecule has 0 bridgehead atoms. The molecule has 1 aromatic heterocycles. The number of pyridine rings is 1. The van der Waals surface area contributed by atoms with Gasteiger partial charge in [-0.05, 0) is 25.5 Å². The predicted octanol–water partition coefficient (Wildman–Crippen LogP) is 3.81. The molecule has 0 aliphatic heterocycles. The molecule has 1 aromatic carbocycles. The monoisotopic (exact) mass is 311 g/mol. The van der Waals surface area contributed by atoms with E-state index in [9.17, 15) is 13.2 Å². The minimum Gasteiger partial charge on any atom is -0.491 e. The van der Waals surface area contributed by atoms with Crippen molar-refractivity contribution in [3.63, 3.8) is 0 Å². The lowest BCUT2D eigenvalue weighted by atomic mass is 10.1. The van der Waals surface area contributed by atoms with Crippen LogP contribution in [-0.2, 0) is 4.74 Å². The van der Waals surface area contributed by atoms with Crippen molar-refractivity contribution in [2.45, 2.75) is 13.8 Å². The van der Waals surface area contributed by atoms with Crippen LogP contribution in [0.4, 0.5) is 13.2 Å². The second-order valence-electron chi connectivity index (χ2n) is 4.82. The smallest absolute Gasteiger partial charge is 0.149 e. The first kappa shape index (κ1) is 16.3. The van der Waals surface area contributed by atoms with Crippen LogP contribution >= 0.6 is 0 Å². The number of nitrogens with zero attached hydrogens (tertiary/aromatic N) is 1. The molecule has 118 valence electrons. The van der Waals surface area contributed by atoms with E-state index in [1.54, 1.807) is 13.8 Å². The molecule has 0 saturated carbocycles. The van der Waals surface area contributed by atoms with E-state index in [2.05, 4.69) is 4.98 Å². The van der Waals surface area contributed by atoms with Crippen molar-refractivity contribution in [1.29, 1.82) is 0 Å². The van der Waals surface area contributed by atoms with Gasteiger partial charge in [0.15, 0.2) is 0 Å². The molecule has 0 amide bonds. The minimum atomic E-state index is -0.929. The van der Waals surface area contributed by atoms with Gasteiger partial charge in [0.1, 0.15) is 35.5 Å². The fraction of sp³-hybridized carbons (Fsp3) is 0.312. The molecule has 3 nitrogen and oxygen atoms in total. The zero-order valence-corrected chi connectivity index (χ0v) is 12.5. The number of aryl methyl sites for hydroxylation is 2. The Balaban J connectivity index is 2.42. The normalized spacial score (nSPS) is 10.8. The molecule has 0 atom stereocenters. The molecule has 2 rings (SSSR count).